The van der Waals surface area contributed by atoms with Crippen molar-refractivity contribution in [2.45, 2.75) is 19.4 Å². The fourth-order valence-electron chi connectivity index (χ4n) is 1.80. The van der Waals surface area contributed by atoms with Gasteiger partial charge in [-0.1, -0.05) is 11.6 Å². The summed E-state index contributed by atoms with van der Waals surface area (Å²) >= 11 is 9.29. The van der Waals surface area contributed by atoms with Gasteiger partial charge >= 0.3 is 0 Å². The van der Waals surface area contributed by atoms with Crippen LogP contribution >= 0.6 is 27.5 Å². The highest BCUT2D eigenvalue weighted by atomic mass is 79.9. The van der Waals surface area contributed by atoms with Crippen LogP contribution in [0.25, 0.3) is 0 Å². The van der Waals surface area contributed by atoms with Crippen molar-refractivity contribution in [2.24, 2.45) is 0 Å². The van der Waals surface area contributed by atoms with Crippen molar-refractivity contribution in [3.05, 3.63) is 16.0 Å². The predicted octanol–water partition coefficient (Wildman–Crippen LogP) is 1.61. The maximum Gasteiger partial charge on any atom is 0.245 e. The molecule has 2 heterocycles. The predicted molar refractivity (Wildman–Crippen MR) is 69.2 cm³/mol. The molecule has 17 heavy (non-hydrogen) atoms. The lowest BCUT2D eigenvalue weighted by molar-refractivity contribution is -0.126. The summed E-state index contributed by atoms with van der Waals surface area (Å²) in [5.41, 5.74) is -0.654. The quantitative estimate of drug-likeness (QED) is 0.799. The van der Waals surface area contributed by atoms with Gasteiger partial charge in [0.2, 0.25) is 5.91 Å². The lowest BCUT2D eigenvalue weighted by atomic mass is 9.99. The first-order valence-corrected chi connectivity index (χ1v) is 6.33. The molecule has 1 N–H and O–H groups in total. The Balaban J connectivity index is 2.45. The Hall–Kier alpha value is -0.880. The molecule has 0 spiro atoms. The Labute approximate surface area is 113 Å². The molecule has 5 nitrogen and oxygen atoms in total. The number of aromatic nitrogens is 2. The maximum absolute atomic E-state index is 11.9. The van der Waals surface area contributed by atoms with Gasteiger partial charge in [0.15, 0.2) is 0 Å². The Kier molecular flexibility index (Phi) is 3.27. The van der Waals surface area contributed by atoms with Gasteiger partial charge in [0.1, 0.15) is 22.8 Å². The summed E-state index contributed by atoms with van der Waals surface area (Å²) in [5, 5.41) is 3.18. The molecule has 1 fully saturated rings. The van der Waals surface area contributed by atoms with Gasteiger partial charge in [-0.15, -0.1) is 0 Å². The number of anilines is 1. The monoisotopic (exact) mass is 318 g/mol. The molecule has 1 aliphatic heterocycles. The Morgan fingerprint density at radius 1 is 1.53 bits per heavy atom. The van der Waals surface area contributed by atoms with Gasteiger partial charge in [-0.3, -0.25) is 4.79 Å². The highest BCUT2D eigenvalue weighted by Gasteiger charge is 2.39. The van der Waals surface area contributed by atoms with Gasteiger partial charge in [-0.05, 0) is 29.8 Å². The van der Waals surface area contributed by atoms with E-state index in [9.17, 15) is 4.79 Å². The van der Waals surface area contributed by atoms with E-state index in [1.807, 2.05) is 18.7 Å². The fourth-order valence-corrected chi connectivity index (χ4v) is 2.35. The van der Waals surface area contributed by atoms with Crippen molar-refractivity contribution in [3.8, 4) is 0 Å². The number of rotatable bonds is 1. The van der Waals surface area contributed by atoms with E-state index in [0.717, 1.165) is 0 Å². The number of nitrogens with one attached hydrogen (secondary N) is 1. The van der Waals surface area contributed by atoms with Gasteiger partial charge < -0.3 is 10.2 Å². The van der Waals surface area contributed by atoms with Crippen LogP contribution < -0.4 is 10.2 Å². The van der Waals surface area contributed by atoms with Gasteiger partial charge in [-0.25, -0.2) is 9.97 Å². The number of carbonyl (C=O) groups excluding carboxylic acids is 1. The standard InChI is InChI=1S/C10H12BrClN4O/c1-10(2)9(17)13-3-4-16(10)8-6(11)7(12)14-5-15-8/h5H,3-4H2,1-2H3,(H,13,17). The van der Waals surface area contributed by atoms with Crippen molar-refractivity contribution in [1.29, 1.82) is 0 Å². The number of piperazine rings is 1. The van der Waals surface area contributed by atoms with E-state index in [1.165, 1.54) is 6.33 Å². The third-order valence-corrected chi connectivity index (χ3v) is 4.08. The van der Waals surface area contributed by atoms with E-state index in [4.69, 9.17) is 11.6 Å². The van der Waals surface area contributed by atoms with Crippen LogP contribution in [0.3, 0.4) is 0 Å². The molecule has 0 radical (unpaired) electrons. The number of hydrogen-bond donors (Lipinski definition) is 1. The normalized spacial score (nSPS) is 19.1. The summed E-state index contributed by atoms with van der Waals surface area (Å²) < 4.78 is 0.615. The summed E-state index contributed by atoms with van der Waals surface area (Å²) in [6.45, 7) is 4.98. The van der Waals surface area contributed by atoms with Gasteiger partial charge in [0.05, 0.1) is 4.47 Å². The largest absolute Gasteiger partial charge is 0.352 e. The minimum Gasteiger partial charge on any atom is -0.352 e. The van der Waals surface area contributed by atoms with E-state index in [0.29, 0.717) is 28.5 Å². The third-order valence-electron chi connectivity index (χ3n) is 2.84. The maximum atomic E-state index is 11.9. The molecule has 1 aromatic heterocycles. The number of hydrogen-bond acceptors (Lipinski definition) is 4. The highest BCUT2D eigenvalue weighted by molar-refractivity contribution is 9.10. The summed E-state index contributed by atoms with van der Waals surface area (Å²) in [6, 6.07) is 0. The Bertz CT molecular complexity index is 466. The van der Waals surface area contributed by atoms with E-state index in [-0.39, 0.29) is 5.91 Å². The molecule has 1 saturated heterocycles. The van der Waals surface area contributed by atoms with E-state index >= 15 is 0 Å². The zero-order chi connectivity index (χ0) is 12.6. The minimum absolute atomic E-state index is 0.0228. The second-order valence-electron chi connectivity index (χ2n) is 4.27. The fraction of sp³-hybridized carbons (Fsp3) is 0.500. The highest BCUT2D eigenvalue weighted by Crippen LogP contribution is 2.33. The minimum atomic E-state index is -0.654. The Morgan fingerprint density at radius 2 is 2.24 bits per heavy atom. The molecule has 1 aromatic rings. The van der Waals surface area contributed by atoms with Crippen LogP contribution in [-0.2, 0) is 4.79 Å². The van der Waals surface area contributed by atoms with Crippen molar-refractivity contribution >= 4 is 39.3 Å². The smallest absolute Gasteiger partial charge is 0.245 e. The molecule has 0 bridgehead atoms. The summed E-state index contributed by atoms with van der Waals surface area (Å²) in [5.74, 6) is 0.621. The second-order valence-corrected chi connectivity index (χ2v) is 5.42. The van der Waals surface area contributed by atoms with Crippen molar-refractivity contribution in [1.82, 2.24) is 15.3 Å². The molecule has 0 saturated carbocycles. The lowest BCUT2D eigenvalue weighted by Gasteiger charge is -2.42. The zero-order valence-corrected chi connectivity index (χ0v) is 11.8. The molecule has 0 aliphatic carbocycles. The van der Waals surface area contributed by atoms with Gasteiger partial charge in [-0.2, -0.15) is 0 Å². The van der Waals surface area contributed by atoms with Crippen LogP contribution in [0.2, 0.25) is 5.15 Å². The van der Waals surface area contributed by atoms with Crippen molar-refractivity contribution in [2.75, 3.05) is 18.0 Å². The molecular formula is C10H12BrClN4O. The van der Waals surface area contributed by atoms with E-state index < -0.39 is 5.54 Å². The molecular weight excluding hydrogens is 307 g/mol. The van der Waals surface area contributed by atoms with Crippen LogP contribution in [0.1, 0.15) is 13.8 Å². The molecule has 0 aromatic carbocycles. The topological polar surface area (TPSA) is 58.1 Å². The summed E-state index contributed by atoms with van der Waals surface area (Å²) in [4.78, 5) is 21.8. The Morgan fingerprint density at radius 3 is 2.94 bits per heavy atom. The van der Waals surface area contributed by atoms with Crippen LogP contribution in [-0.4, -0.2) is 34.5 Å². The first-order chi connectivity index (χ1) is 7.94. The van der Waals surface area contributed by atoms with Crippen molar-refractivity contribution < 1.29 is 4.79 Å². The number of carbonyl (C=O) groups is 1. The third kappa shape index (κ3) is 2.11. The first kappa shape index (κ1) is 12.6. The molecule has 7 heteroatoms. The number of halogens is 2. The second kappa shape index (κ2) is 4.42. The lowest BCUT2D eigenvalue weighted by Crippen LogP contribution is -2.62. The zero-order valence-electron chi connectivity index (χ0n) is 9.50. The van der Waals surface area contributed by atoms with E-state index in [1.54, 1.807) is 0 Å². The number of nitrogens with zero attached hydrogens (tertiary/aromatic N) is 3. The SMILES string of the molecule is CC1(C)C(=O)NCCN1c1ncnc(Cl)c1Br. The van der Waals surface area contributed by atoms with Crippen LogP contribution in [0.4, 0.5) is 5.82 Å². The van der Waals surface area contributed by atoms with Crippen molar-refractivity contribution in [3.63, 3.8) is 0 Å². The molecule has 1 amide bonds. The van der Waals surface area contributed by atoms with Crippen LogP contribution in [0.15, 0.2) is 10.8 Å². The first-order valence-electron chi connectivity index (χ1n) is 5.16. The average Bonchev–Trinajstić information content (AvgIpc) is 2.27. The molecule has 0 unspecified atom stereocenters. The summed E-state index contributed by atoms with van der Waals surface area (Å²) in [7, 11) is 0. The van der Waals surface area contributed by atoms with Gasteiger partial charge in [0.25, 0.3) is 0 Å². The summed E-state index contributed by atoms with van der Waals surface area (Å²) in [6.07, 6.45) is 1.39. The van der Waals surface area contributed by atoms with Crippen LogP contribution in [0, 0.1) is 0 Å². The molecule has 0 atom stereocenters. The molecule has 2 rings (SSSR count). The molecule has 92 valence electrons. The number of amides is 1. The van der Waals surface area contributed by atoms with E-state index in [2.05, 4.69) is 31.2 Å². The molecule has 1 aliphatic rings. The van der Waals surface area contributed by atoms with Crippen LogP contribution in [0.5, 0.6) is 0 Å². The average molecular weight is 320 g/mol. The van der Waals surface area contributed by atoms with Gasteiger partial charge in [0, 0.05) is 13.1 Å².